The van der Waals surface area contributed by atoms with Crippen molar-refractivity contribution in [1.29, 1.82) is 0 Å². The van der Waals surface area contributed by atoms with Gasteiger partial charge in [-0.25, -0.2) is 0 Å². The normalized spacial score (nSPS) is 32.1. The Balaban J connectivity index is 1.99. The molecule has 1 amide bonds. The number of hydrogen-bond acceptors (Lipinski definition) is 3. The number of hydrogen-bond donors (Lipinski definition) is 2. The second-order valence-electron chi connectivity index (χ2n) is 4.88. The second kappa shape index (κ2) is 3.21. The number of likely N-dealkylation sites (tertiary alicyclic amines) is 1. The highest BCUT2D eigenvalue weighted by molar-refractivity contribution is 5.84. The minimum atomic E-state index is -1.22. The highest BCUT2D eigenvalue weighted by atomic mass is 16.3. The van der Waals surface area contributed by atoms with Gasteiger partial charge in [0.1, 0.15) is 5.60 Å². The Kier molecular flexibility index (Phi) is 2.27. The largest absolute Gasteiger partial charge is 0.381 e. The second-order valence-corrected chi connectivity index (χ2v) is 4.88. The Morgan fingerprint density at radius 2 is 2.21 bits per heavy atom. The van der Waals surface area contributed by atoms with E-state index < -0.39 is 5.60 Å². The summed E-state index contributed by atoms with van der Waals surface area (Å²) >= 11 is 0. The van der Waals surface area contributed by atoms with Crippen LogP contribution in [0.5, 0.6) is 0 Å². The van der Waals surface area contributed by atoms with Gasteiger partial charge in [0.25, 0.3) is 5.91 Å². The van der Waals surface area contributed by atoms with Crippen LogP contribution in [-0.2, 0) is 4.79 Å². The molecule has 2 saturated heterocycles. The van der Waals surface area contributed by atoms with Crippen LogP contribution in [-0.4, -0.2) is 47.2 Å². The van der Waals surface area contributed by atoms with Crippen molar-refractivity contribution in [2.75, 3.05) is 19.6 Å². The highest BCUT2D eigenvalue weighted by Crippen LogP contribution is 2.26. The van der Waals surface area contributed by atoms with Crippen molar-refractivity contribution < 1.29 is 9.90 Å². The molecule has 0 aromatic carbocycles. The minimum absolute atomic E-state index is 0.145. The predicted octanol–water partition coefficient (Wildman–Crippen LogP) is -0.422. The lowest BCUT2D eigenvalue weighted by molar-refractivity contribution is -0.146. The molecule has 2 aliphatic heterocycles. The first-order chi connectivity index (χ1) is 6.48. The van der Waals surface area contributed by atoms with Crippen LogP contribution in [0.4, 0.5) is 0 Å². The molecule has 14 heavy (non-hydrogen) atoms. The topological polar surface area (TPSA) is 52.6 Å². The summed E-state index contributed by atoms with van der Waals surface area (Å²) in [6, 6.07) is 0.460. The number of nitrogens with one attached hydrogen (secondary N) is 1. The van der Waals surface area contributed by atoms with Gasteiger partial charge < -0.3 is 15.3 Å². The summed E-state index contributed by atoms with van der Waals surface area (Å²) in [7, 11) is 0. The molecule has 2 aliphatic rings. The van der Waals surface area contributed by atoms with Crippen molar-refractivity contribution >= 4 is 5.91 Å². The zero-order chi connectivity index (χ0) is 10.3. The third kappa shape index (κ3) is 1.64. The maximum Gasteiger partial charge on any atom is 0.254 e. The quantitative estimate of drug-likeness (QED) is 0.601. The minimum Gasteiger partial charge on any atom is -0.381 e. The number of aliphatic hydroxyl groups is 1. The molecule has 2 N–H and O–H groups in total. The van der Waals surface area contributed by atoms with E-state index in [4.69, 9.17) is 0 Å². The van der Waals surface area contributed by atoms with Crippen molar-refractivity contribution in [3.05, 3.63) is 0 Å². The predicted molar refractivity (Wildman–Crippen MR) is 52.8 cm³/mol. The summed E-state index contributed by atoms with van der Waals surface area (Å²) < 4.78 is 0. The van der Waals surface area contributed by atoms with E-state index in [-0.39, 0.29) is 5.91 Å². The molecule has 0 aromatic rings. The molecule has 2 atom stereocenters. The molecular weight excluding hydrogens is 180 g/mol. The van der Waals surface area contributed by atoms with Gasteiger partial charge >= 0.3 is 0 Å². The van der Waals surface area contributed by atoms with Gasteiger partial charge in [0.15, 0.2) is 0 Å². The Bertz CT molecular complexity index is 235. The number of nitrogens with zero attached hydrogens (tertiary/aromatic N) is 1. The first-order valence-corrected chi connectivity index (χ1v) is 5.23. The van der Waals surface area contributed by atoms with Gasteiger partial charge in [-0.3, -0.25) is 4.79 Å². The number of fused-ring (bicyclic) bond motifs is 1. The smallest absolute Gasteiger partial charge is 0.254 e. The fourth-order valence-corrected chi connectivity index (χ4v) is 2.40. The molecule has 0 saturated carbocycles. The van der Waals surface area contributed by atoms with Gasteiger partial charge in [-0.05, 0) is 32.7 Å². The van der Waals surface area contributed by atoms with Crippen LogP contribution in [0, 0.1) is 5.92 Å². The van der Waals surface area contributed by atoms with Crippen LogP contribution in [0.3, 0.4) is 0 Å². The lowest BCUT2D eigenvalue weighted by Gasteiger charge is -2.25. The lowest BCUT2D eigenvalue weighted by Crippen LogP contribution is -2.45. The van der Waals surface area contributed by atoms with E-state index in [0.29, 0.717) is 12.0 Å². The molecule has 80 valence electrons. The monoisotopic (exact) mass is 198 g/mol. The standard InChI is InChI=1S/C10H18N2O2/c1-10(2,14)9(13)12-5-7-3-4-11-8(7)6-12/h7-8,11,14H,3-6H2,1-2H3. The highest BCUT2D eigenvalue weighted by Gasteiger charge is 2.41. The van der Waals surface area contributed by atoms with Crippen molar-refractivity contribution in [2.45, 2.75) is 31.9 Å². The van der Waals surface area contributed by atoms with Crippen LogP contribution in [0.2, 0.25) is 0 Å². The fourth-order valence-electron chi connectivity index (χ4n) is 2.40. The van der Waals surface area contributed by atoms with E-state index in [9.17, 15) is 9.90 Å². The van der Waals surface area contributed by atoms with E-state index in [0.717, 1.165) is 26.1 Å². The summed E-state index contributed by atoms with van der Waals surface area (Å²) in [5.41, 5.74) is -1.22. The van der Waals surface area contributed by atoms with Gasteiger partial charge in [0.05, 0.1) is 0 Å². The first-order valence-electron chi connectivity index (χ1n) is 5.23. The van der Waals surface area contributed by atoms with E-state index in [1.165, 1.54) is 0 Å². The average Bonchev–Trinajstić information content (AvgIpc) is 2.58. The molecule has 0 aromatic heterocycles. The van der Waals surface area contributed by atoms with Crippen LogP contribution in [0.25, 0.3) is 0 Å². The molecule has 2 rings (SSSR count). The van der Waals surface area contributed by atoms with Crippen molar-refractivity contribution in [1.82, 2.24) is 10.2 Å². The van der Waals surface area contributed by atoms with Crippen LogP contribution < -0.4 is 5.32 Å². The fraction of sp³-hybridized carbons (Fsp3) is 0.900. The molecule has 0 aliphatic carbocycles. The SMILES string of the molecule is CC(C)(O)C(=O)N1CC2CCNC2C1. The van der Waals surface area contributed by atoms with E-state index >= 15 is 0 Å². The third-order valence-electron chi connectivity index (χ3n) is 3.17. The van der Waals surface area contributed by atoms with Crippen LogP contribution in [0.1, 0.15) is 20.3 Å². The summed E-state index contributed by atoms with van der Waals surface area (Å²) in [6.45, 7) is 5.74. The third-order valence-corrected chi connectivity index (χ3v) is 3.17. The zero-order valence-electron chi connectivity index (χ0n) is 8.79. The summed E-state index contributed by atoms with van der Waals surface area (Å²) in [4.78, 5) is 13.5. The van der Waals surface area contributed by atoms with Crippen molar-refractivity contribution in [2.24, 2.45) is 5.92 Å². The average molecular weight is 198 g/mol. The molecule has 2 unspecified atom stereocenters. The summed E-state index contributed by atoms with van der Waals surface area (Å²) in [6.07, 6.45) is 1.15. The van der Waals surface area contributed by atoms with Crippen LogP contribution in [0.15, 0.2) is 0 Å². The van der Waals surface area contributed by atoms with Crippen LogP contribution >= 0.6 is 0 Å². The van der Waals surface area contributed by atoms with E-state index in [1.54, 1.807) is 18.7 Å². The summed E-state index contributed by atoms with van der Waals surface area (Å²) in [5, 5.41) is 13.0. The Labute approximate surface area is 84.3 Å². The number of carbonyl (C=O) groups is 1. The van der Waals surface area contributed by atoms with E-state index in [1.807, 2.05) is 0 Å². The Hall–Kier alpha value is -0.610. The molecule has 4 heteroatoms. The maximum absolute atomic E-state index is 11.7. The number of rotatable bonds is 1. The molecule has 0 bridgehead atoms. The van der Waals surface area contributed by atoms with Gasteiger partial charge in [-0.15, -0.1) is 0 Å². The van der Waals surface area contributed by atoms with Gasteiger partial charge in [-0.1, -0.05) is 0 Å². The molecule has 2 heterocycles. The first kappa shape index (κ1) is 9.93. The number of carbonyl (C=O) groups excluding carboxylic acids is 1. The Morgan fingerprint density at radius 1 is 1.50 bits per heavy atom. The molecule has 0 radical (unpaired) electrons. The number of amides is 1. The van der Waals surface area contributed by atoms with Gasteiger partial charge in [0, 0.05) is 19.1 Å². The molecule has 2 fully saturated rings. The molecular formula is C10H18N2O2. The lowest BCUT2D eigenvalue weighted by atomic mass is 10.1. The van der Waals surface area contributed by atoms with E-state index in [2.05, 4.69) is 5.32 Å². The zero-order valence-corrected chi connectivity index (χ0v) is 8.79. The van der Waals surface area contributed by atoms with Gasteiger partial charge in [0.2, 0.25) is 0 Å². The van der Waals surface area contributed by atoms with Crippen molar-refractivity contribution in [3.8, 4) is 0 Å². The summed E-state index contributed by atoms with van der Waals surface area (Å²) in [5.74, 6) is 0.454. The van der Waals surface area contributed by atoms with Crippen molar-refractivity contribution in [3.63, 3.8) is 0 Å². The molecule has 4 nitrogen and oxygen atoms in total. The Morgan fingerprint density at radius 3 is 2.79 bits per heavy atom. The van der Waals surface area contributed by atoms with Gasteiger partial charge in [-0.2, -0.15) is 0 Å². The maximum atomic E-state index is 11.7. The molecule has 0 spiro atoms.